The molecule has 3 aromatic rings. The maximum Gasteiger partial charge on any atom is 0.132 e. The maximum atomic E-state index is 5.94. The van der Waals surface area contributed by atoms with E-state index in [-0.39, 0.29) is 0 Å². The standard InChI is InChI=1S/C14H10N3/c15-14-11-6-2-1-5-10(11)9-13(17-14)12-7-3-4-8-16-12/h2-9H,(H2,15,17). The van der Waals surface area contributed by atoms with Crippen LogP contribution in [0.25, 0.3) is 22.2 Å². The third-order valence-electron chi connectivity index (χ3n) is 2.63. The second kappa shape index (κ2) is 3.87. The number of hydrogen-bond donors (Lipinski definition) is 1. The predicted molar refractivity (Wildman–Crippen MR) is 68.2 cm³/mol. The average molecular weight is 220 g/mol. The number of rotatable bonds is 1. The van der Waals surface area contributed by atoms with E-state index in [0.717, 1.165) is 22.2 Å². The Bertz CT molecular complexity index is 663. The summed E-state index contributed by atoms with van der Waals surface area (Å²) in [6, 6.07) is 16.4. The Labute approximate surface area is 98.9 Å². The van der Waals surface area contributed by atoms with E-state index < -0.39 is 0 Å². The van der Waals surface area contributed by atoms with Crippen molar-refractivity contribution in [3.8, 4) is 11.4 Å². The van der Waals surface area contributed by atoms with Crippen molar-refractivity contribution < 1.29 is 0 Å². The Kier molecular flexibility index (Phi) is 2.22. The number of nitrogens with two attached hydrogens (primary N) is 1. The molecule has 0 amide bonds. The zero-order valence-corrected chi connectivity index (χ0v) is 9.09. The molecule has 0 saturated heterocycles. The predicted octanol–water partition coefficient (Wildman–Crippen LogP) is 2.68. The Balaban J connectivity index is 2.26. The summed E-state index contributed by atoms with van der Waals surface area (Å²) in [5.74, 6) is 0.525. The number of hydrogen-bond acceptors (Lipinski definition) is 3. The molecule has 1 aromatic carbocycles. The number of aromatic nitrogens is 2. The number of anilines is 1. The summed E-state index contributed by atoms with van der Waals surface area (Å²) in [6.07, 6.45) is 1.74. The Morgan fingerprint density at radius 1 is 1.12 bits per heavy atom. The number of benzene rings is 1. The SMILES string of the molecule is Nc1nc(-c2ccccn2)cc2c[c]ccc12. The lowest BCUT2D eigenvalue weighted by atomic mass is 10.1. The molecule has 17 heavy (non-hydrogen) atoms. The van der Waals surface area contributed by atoms with Gasteiger partial charge in [0.2, 0.25) is 0 Å². The van der Waals surface area contributed by atoms with Gasteiger partial charge in [0, 0.05) is 11.6 Å². The molecule has 0 atom stereocenters. The molecule has 0 saturated carbocycles. The van der Waals surface area contributed by atoms with Gasteiger partial charge in [-0.25, -0.2) is 4.98 Å². The molecule has 3 rings (SSSR count). The molecule has 3 nitrogen and oxygen atoms in total. The molecule has 0 unspecified atom stereocenters. The molecule has 0 bridgehead atoms. The Morgan fingerprint density at radius 2 is 2.06 bits per heavy atom. The van der Waals surface area contributed by atoms with Crippen LogP contribution in [0.3, 0.4) is 0 Å². The molecule has 81 valence electrons. The van der Waals surface area contributed by atoms with Gasteiger partial charge in [-0.05, 0) is 35.7 Å². The van der Waals surface area contributed by atoms with Crippen LogP contribution in [0.5, 0.6) is 0 Å². The first kappa shape index (κ1) is 9.78. The van der Waals surface area contributed by atoms with Gasteiger partial charge in [0.25, 0.3) is 0 Å². The summed E-state index contributed by atoms with van der Waals surface area (Å²) < 4.78 is 0. The van der Waals surface area contributed by atoms with Gasteiger partial charge in [-0.1, -0.05) is 18.2 Å². The normalized spacial score (nSPS) is 10.6. The van der Waals surface area contributed by atoms with Crippen LogP contribution in [0.1, 0.15) is 0 Å². The molecule has 2 N–H and O–H groups in total. The zero-order chi connectivity index (χ0) is 11.7. The molecule has 0 aliphatic carbocycles. The van der Waals surface area contributed by atoms with Crippen molar-refractivity contribution >= 4 is 16.6 Å². The van der Waals surface area contributed by atoms with Crippen molar-refractivity contribution in [2.24, 2.45) is 0 Å². The molecule has 0 fully saturated rings. The van der Waals surface area contributed by atoms with Crippen LogP contribution < -0.4 is 5.73 Å². The summed E-state index contributed by atoms with van der Waals surface area (Å²) in [7, 11) is 0. The minimum atomic E-state index is 0.525. The van der Waals surface area contributed by atoms with Crippen LogP contribution in [-0.2, 0) is 0 Å². The van der Waals surface area contributed by atoms with E-state index in [0.29, 0.717) is 5.82 Å². The van der Waals surface area contributed by atoms with E-state index in [2.05, 4.69) is 16.0 Å². The van der Waals surface area contributed by atoms with E-state index in [4.69, 9.17) is 5.73 Å². The lowest BCUT2D eigenvalue weighted by molar-refractivity contribution is 1.26. The van der Waals surface area contributed by atoms with Crippen molar-refractivity contribution in [2.45, 2.75) is 0 Å². The van der Waals surface area contributed by atoms with E-state index in [1.807, 2.05) is 42.5 Å². The molecular formula is C14H10N3. The summed E-state index contributed by atoms with van der Waals surface area (Å²) >= 11 is 0. The van der Waals surface area contributed by atoms with Gasteiger partial charge in [0.15, 0.2) is 0 Å². The van der Waals surface area contributed by atoms with Crippen molar-refractivity contribution in [3.63, 3.8) is 0 Å². The lowest BCUT2D eigenvalue weighted by Crippen LogP contribution is -1.95. The minimum absolute atomic E-state index is 0.525. The summed E-state index contributed by atoms with van der Waals surface area (Å²) in [6.45, 7) is 0. The van der Waals surface area contributed by atoms with Crippen LogP contribution in [0, 0.1) is 6.07 Å². The molecule has 0 aliphatic rings. The van der Waals surface area contributed by atoms with E-state index in [9.17, 15) is 0 Å². The number of nitrogens with zero attached hydrogens (tertiary/aromatic N) is 2. The number of pyridine rings is 2. The smallest absolute Gasteiger partial charge is 0.132 e. The van der Waals surface area contributed by atoms with Gasteiger partial charge in [-0.2, -0.15) is 0 Å². The zero-order valence-electron chi connectivity index (χ0n) is 9.09. The minimum Gasteiger partial charge on any atom is -0.383 e. The van der Waals surface area contributed by atoms with E-state index in [1.165, 1.54) is 0 Å². The third-order valence-corrected chi connectivity index (χ3v) is 2.63. The van der Waals surface area contributed by atoms with E-state index >= 15 is 0 Å². The summed E-state index contributed by atoms with van der Waals surface area (Å²) in [5.41, 5.74) is 7.55. The van der Waals surface area contributed by atoms with Gasteiger partial charge in [-0.15, -0.1) is 0 Å². The van der Waals surface area contributed by atoms with E-state index in [1.54, 1.807) is 6.20 Å². The molecule has 3 heteroatoms. The molecular weight excluding hydrogens is 210 g/mol. The molecule has 2 heterocycles. The lowest BCUT2D eigenvalue weighted by Gasteiger charge is -2.05. The van der Waals surface area contributed by atoms with Gasteiger partial charge >= 0.3 is 0 Å². The average Bonchev–Trinajstić information content (AvgIpc) is 2.40. The number of fused-ring (bicyclic) bond motifs is 1. The van der Waals surface area contributed by atoms with Crippen molar-refractivity contribution in [1.29, 1.82) is 0 Å². The topological polar surface area (TPSA) is 51.8 Å². The van der Waals surface area contributed by atoms with Crippen LogP contribution in [0.2, 0.25) is 0 Å². The van der Waals surface area contributed by atoms with Crippen LogP contribution in [0.15, 0.2) is 48.7 Å². The quantitative estimate of drug-likeness (QED) is 0.686. The highest BCUT2D eigenvalue weighted by Crippen LogP contribution is 2.24. The number of nitrogen functional groups attached to an aromatic ring is 1. The maximum absolute atomic E-state index is 5.94. The first-order valence-electron chi connectivity index (χ1n) is 5.32. The second-order valence-electron chi connectivity index (χ2n) is 3.75. The van der Waals surface area contributed by atoms with Gasteiger partial charge in [-0.3, -0.25) is 4.98 Å². The molecule has 0 spiro atoms. The largest absolute Gasteiger partial charge is 0.383 e. The molecule has 0 aliphatic heterocycles. The molecule has 1 radical (unpaired) electrons. The summed E-state index contributed by atoms with van der Waals surface area (Å²) in [5, 5.41) is 1.98. The highest BCUT2D eigenvalue weighted by molar-refractivity contribution is 5.93. The van der Waals surface area contributed by atoms with Crippen LogP contribution >= 0.6 is 0 Å². The van der Waals surface area contributed by atoms with Gasteiger partial charge < -0.3 is 5.73 Å². The monoisotopic (exact) mass is 220 g/mol. The fourth-order valence-corrected chi connectivity index (χ4v) is 1.81. The van der Waals surface area contributed by atoms with Crippen molar-refractivity contribution in [1.82, 2.24) is 9.97 Å². The van der Waals surface area contributed by atoms with Crippen molar-refractivity contribution in [2.75, 3.05) is 5.73 Å². The van der Waals surface area contributed by atoms with Crippen LogP contribution in [0.4, 0.5) is 5.82 Å². The molecule has 2 aromatic heterocycles. The highest BCUT2D eigenvalue weighted by atomic mass is 14.9. The Hall–Kier alpha value is -2.42. The first-order chi connectivity index (χ1) is 8.34. The fraction of sp³-hybridized carbons (Fsp3) is 0. The Morgan fingerprint density at radius 3 is 2.88 bits per heavy atom. The van der Waals surface area contributed by atoms with Gasteiger partial charge in [0.05, 0.1) is 11.4 Å². The second-order valence-corrected chi connectivity index (χ2v) is 3.75. The summed E-state index contributed by atoms with van der Waals surface area (Å²) in [4.78, 5) is 8.64. The van der Waals surface area contributed by atoms with Gasteiger partial charge in [0.1, 0.15) is 5.82 Å². The fourth-order valence-electron chi connectivity index (χ4n) is 1.81. The van der Waals surface area contributed by atoms with Crippen molar-refractivity contribution in [3.05, 3.63) is 54.7 Å². The first-order valence-corrected chi connectivity index (χ1v) is 5.32. The third kappa shape index (κ3) is 1.72. The highest BCUT2D eigenvalue weighted by Gasteiger charge is 2.05. The van der Waals surface area contributed by atoms with Crippen LogP contribution in [-0.4, -0.2) is 9.97 Å².